The predicted molar refractivity (Wildman–Crippen MR) is 76.5 cm³/mol. The SMILES string of the molecule is Cc1c(F)cccc1NC1CCOC2(CCOCC2)C1. The lowest BCUT2D eigenvalue weighted by Gasteiger charge is -2.43. The molecule has 110 valence electrons. The number of benzene rings is 1. The van der Waals surface area contributed by atoms with Crippen LogP contribution in [0.25, 0.3) is 0 Å². The van der Waals surface area contributed by atoms with E-state index in [0.717, 1.165) is 51.2 Å². The van der Waals surface area contributed by atoms with E-state index in [2.05, 4.69) is 5.32 Å². The quantitative estimate of drug-likeness (QED) is 0.901. The Hall–Kier alpha value is -1.13. The average Bonchev–Trinajstić information content (AvgIpc) is 2.45. The lowest BCUT2D eigenvalue weighted by molar-refractivity contribution is -0.135. The minimum atomic E-state index is -0.150. The molecule has 0 bridgehead atoms. The van der Waals surface area contributed by atoms with Gasteiger partial charge in [0, 0.05) is 37.1 Å². The molecule has 2 fully saturated rings. The Bertz CT molecular complexity index is 466. The number of anilines is 1. The number of rotatable bonds is 2. The molecule has 2 heterocycles. The van der Waals surface area contributed by atoms with Gasteiger partial charge in [-0.2, -0.15) is 0 Å². The van der Waals surface area contributed by atoms with Crippen LogP contribution in [0.1, 0.15) is 31.2 Å². The second-order valence-electron chi connectivity index (χ2n) is 5.89. The fraction of sp³-hybridized carbons (Fsp3) is 0.625. The zero-order valence-corrected chi connectivity index (χ0v) is 12.0. The molecule has 1 aromatic carbocycles. The Kier molecular flexibility index (Phi) is 3.94. The number of halogens is 1. The van der Waals surface area contributed by atoms with Gasteiger partial charge in [0.2, 0.25) is 0 Å². The van der Waals surface area contributed by atoms with Crippen molar-refractivity contribution in [2.45, 2.75) is 44.2 Å². The molecule has 1 unspecified atom stereocenters. The molecule has 1 N–H and O–H groups in total. The summed E-state index contributed by atoms with van der Waals surface area (Å²) in [7, 11) is 0. The van der Waals surface area contributed by atoms with Crippen LogP contribution in [0.4, 0.5) is 10.1 Å². The summed E-state index contributed by atoms with van der Waals surface area (Å²) < 4.78 is 25.1. The molecule has 2 aliphatic heterocycles. The molecule has 3 rings (SSSR count). The third kappa shape index (κ3) is 2.81. The number of ether oxygens (including phenoxy) is 2. The summed E-state index contributed by atoms with van der Waals surface area (Å²) in [5, 5.41) is 3.50. The Morgan fingerprint density at radius 2 is 2.05 bits per heavy atom. The Balaban J connectivity index is 1.69. The van der Waals surface area contributed by atoms with Gasteiger partial charge in [0.15, 0.2) is 0 Å². The van der Waals surface area contributed by atoms with Crippen LogP contribution in [0.5, 0.6) is 0 Å². The first-order valence-electron chi connectivity index (χ1n) is 7.42. The highest BCUT2D eigenvalue weighted by atomic mass is 19.1. The van der Waals surface area contributed by atoms with Crippen molar-refractivity contribution >= 4 is 5.69 Å². The largest absolute Gasteiger partial charge is 0.382 e. The highest BCUT2D eigenvalue weighted by Crippen LogP contribution is 2.35. The van der Waals surface area contributed by atoms with E-state index in [9.17, 15) is 4.39 Å². The summed E-state index contributed by atoms with van der Waals surface area (Å²) in [4.78, 5) is 0. The molecular weight excluding hydrogens is 257 g/mol. The molecule has 0 amide bonds. The summed E-state index contributed by atoms with van der Waals surface area (Å²) in [5.74, 6) is -0.150. The van der Waals surface area contributed by atoms with Gasteiger partial charge < -0.3 is 14.8 Å². The van der Waals surface area contributed by atoms with Gasteiger partial charge in [-0.05, 0) is 44.7 Å². The van der Waals surface area contributed by atoms with Gasteiger partial charge in [-0.25, -0.2) is 4.39 Å². The molecule has 1 spiro atoms. The van der Waals surface area contributed by atoms with Gasteiger partial charge in [-0.15, -0.1) is 0 Å². The van der Waals surface area contributed by atoms with Crippen molar-refractivity contribution < 1.29 is 13.9 Å². The molecule has 1 atom stereocenters. The molecule has 3 nitrogen and oxygen atoms in total. The normalized spacial score (nSPS) is 25.6. The lowest BCUT2D eigenvalue weighted by Crippen LogP contribution is -2.47. The zero-order valence-electron chi connectivity index (χ0n) is 12.0. The van der Waals surface area contributed by atoms with Crippen LogP contribution in [0.3, 0.4) is 0 Å². The fourth-order valence-corrected chi connectivity index (χ4v) is 3.23. The second kappa shape index (κ2) is 5.70. The summed E-state index contributed by atoms with van der Waals surface area (Å²) in [6.45, 7) is 4.16. The topological polar surface area (TPSA) is 30.5 Å². The molecule has 20 heavy (non-hydrogen) atoms. The van der Waals surface area contributed by atoms with Crippen LogP contribution < -0.4 is 5.32 Å². The third-order valence-electron chi connectivity index (χ3n) is 4.52. The van der Waals surface area contributed by atoms with Crippen molar-refractivity contribution in [1.82, 2.24) is 0 Å². The van der Waals surface area contributed by atoms with Gasteiger partial charge in [0.25, 0.3) is 0 Å². The van der Waals surface area contributed by atoms with E-state index >= 15 is 0 Å². The predicted octanol–water partition coefficient (Wildman–Crippen LogP) is 3.27. The Labute approximate surface area is 119 Å². The number of hydrogen-bond acceptors (Lipinski definition) is 3. The Morgan fingerprint density at radius 3 is 2.85 bits per heavy atom. The van der Waals surface area contributed by atoms with E-state index in [4.69, 9.17) is 9.47 Å². The van der Waals surface area contributed by atoms with Crippen LogP contribution >= 0.6 is 0 Å². The van der Waals surface area contributed by atoms with Crippen LogP contribution in [0.2, 0.25) is 0 Å². The van der Waals surface area contributed by atoms with Crippen molar-refractivity contribution in [2.75, 3.05) is 25.1 Å². The molecule has 0 aliphatic carbocycles. The van der Waals surface area contributed by atoms with E-state index < -0.39 is 0 Å². The molecular formula is C16H22FNO2. The zero-order chi connectivity index (χ0) is 14.0. The van der Waals surface area contributed by atoms with Gasteiger partial charge in [-0.1, -0.05) is 6.07 Å². The first kappa shape index (κ1) is 13.8. The van der Waals surface area contributed by atoms with Gasteiger partial charge in [0.05, 0.1) is 5.60 Å². The second-order valence-corrected chi connectivity index (χ2v) is 5.89. The van der Waals surface area contributed by atoms with Crippen LogP contribution in [-0.4, -0.2) is 31.5 Å². The average molecular weight is 279 g/mol. The van der Waals surface area contributed by atoms with E-state index in [1.807, 2.05) is 13.0 Å². The van der Waals surface area contributed by atoms with Gasteiger partial charge in [0.1, 0.15) is 5.82 Å². The van der Waals surface area contributed by atoms with Crippen molar-refractivity contribution in [3.05, 3.63) is 29.6 Å². The van der Waals surface area contributed by atoms with Crippen molar-refractivity contribution in [3.63, 3.8) is 0 Å². The lowest BCUT2D eigenvalue weighted by atomic mass is 9.84. The van der Waals surface area contributed by atoms with Crippen molar-refractivity contribution in [3.8, 4) is 0 Å². The Morgan fingerprint density at radius 1 is 1.25 bits per heavy atom. The monoisotopic (exact) mass is 279 g/mol. The first-order chi connectivity index (χ1) is 9.69. The molecule has 1 aromatic rings. The minimum Gasteiger partial charge on any atom is -0.382 e. The molecule has 0 saturated carbocycles. The summed E-state index contributed by atoms with van der Waals surface area (Å²) in [6, 6.07) is 5.56. The summed E-state index contributed by atoms with van der Waals surface area (Å²) >= 11 is 0. The van der Waals surface area contributed by atoms with E-state index in [-0.39, 0.29) is 11.4 Å². The maximum atomic E-state index is 13.6. The summed E-state index contributed by atoms with van der Waals surface area (Å²) in [6.07, 6.45) is 3.88. The third-order valence-corrected chi connectivity index (χ3v) is 4.52. The van der Waals surface area contributed by atoms with Crippen molar-refractivity contribution in [1.29, 1.82) is 0 Å². The number of nitrogens with one attached hydrogen (secondary N) is 1. The van der Waals surface area contributed by atoms with Gasteiger partial charge in [-0.3, -0.25) is 0 Å². The van der Waals surface area contributed by atoms with E-state index in [0.29, 0.717) is 11.6 Å². The first-order valence-corrected chi connectivity index (χ1v) is 7.42. The summed E-state index contributed by atoms with van der Waals surface area (Å²) in [5.41, 5.74) is 1.56. The van der Waals surface area contributed by atoms with Crippen molar-refractivity contribution in [2.24, 2.45) is 0 Å². The fourth-order valence-electron chi connectivity index (χ4n) is 3.23. The molecule has 2 aliphatic rings. The molecule has 2 saturated heterocycles. The van der Waals surface area contributed by atoms with Crippen LogP contribution in [-0.2, 0) is 9.47 Å². The standard InChI is InChI=1S/C16H22FNO2/c1-12-14(17)3-2-4-15(12)18-13-5-8-20-16(11-13)6-9-19-10-7-16/h2-4,13,18H,5-11H2,1H3. The smallest absolute Gasteiger partial charge is 0.128 e. The highest BCUT2D eigenvalue weighted by Gasteiger charge is 2.39. The van der Waals surface area contributed by atoms with E-state index in [1.54, 1.807) is 6.07 Å². The highest BCUT2D eigenvalue weighted by molar-refractivity contribution is 5.51. The van der Waals surface area contributed by atoms with Gasteiger partial charge >= 0.3 is 0 Å². The molecule has 0 radical (unpaired) electrons. The minimum absolute atomic E-state index is 0.0323. The maximum Gasteiger partial charge on any atom is 0.128 e. The van der Waals surface area contributed by atoms with E-state index in [1.165, 1.54) is 6.07 Å². The molecule has 0 aromatic heterocycles. The van der Waals surface area contributed by atoms with Crippen LogP contribution in [0, 0.1) is 12.7 Å². The van der Waals surface area contributed by atoms with Crippen LogP contribution in [0.15, 0.2) is 18.2 Å². The number of hydrogen-bond donors (Lipinski definition) is 1. The maximum absolute atomic E-state index is 13.6. The molecule has 4 heteroatoms.